The second-order valence-corrected chi connectivity index (χ2v) is 9.52. The normalized spacial score (nSPS) is 23.6. The molecule has 1 aliphatic carbocycles. The quantitative estimate of drug-likeness (QED) is 0.513. The molecule has 2 unspecified atom stereocenters. The molecule has 8 heteroatoms. The number of carbonyl (C=O) groups is 2. The number of amides is 2. The molecule has 186 valence electrons. The number of para-hydroxylation sites is 2. The second kappa shape index (κ2) is 10.7. The van der Waals surface area contributed by atoms with E-state index in [0.29, 0.717) is 30.9 Å². The van der Waals surface area contributed by atoms with Crippen LogP contribution < -0.4 is 9.64 Å². The molecule has 1 aromatic rings. The number of anilines is 1. The van der Waals surface area contributed by atoms with Crippen LogP contribution in [0.25, 0.3) is 0 Å². The van der Waals surface area contributed by atoms with Gasteiger partial charge in [-0.05, 0) is 38.9 Å². The van der Waals surface area contributed by atoms with Gasteiger partial charge in [0.15, 0.2) is 0 Å². The van der Waals surface area contributed by atoms with Gasteiger partial charge in [-0.25, -0.2) is 0 Å². The fraction of sp³-hybridized carbons (Fsp3) is 0.615. The van der Waals surface area contributed by atoms with Crippen molar-refractivity contribution in [1.82, 2.24) is 9.80 Å². The largest absolute Gasteiger partial charge is 0.498 e. The van der Waals surface area contributed by atoms with Gasteiger partial charge in [0, 0.05) is 45.6 Å². The molecule has 3 aliphatic rings. The minimum Gasteiger partial charge on any atom is -0.498 e. The number of benzene rings is 1. The van der Waals surface area contributed by atoms with Crippen molar-refractivity contribution in [2.24, 2.45) is 11.8 Å². The van der Waals surface area contributed by atoms with Crippen LogP contribution in [0.4, 0.5) is 5.69 Å². The van der Waals surface area contributed by atoms with Crippen molar-refractivity contribution in [3.8, 4) is 5.75 Å². The number of fused-ring (bicyclic) bond motifs is 1. The Morgan fingerprint density at radius 2 is 1.47 bits per heavy atom. The highest BCUT2D eigenvalue weighted by Gasteiger charge is 2.50. The monoisotopic (exact) mass is 471 g/mol. The van der Waals surface area contributed by atoms with Crippen LogP contribution in [-0.2, 0) is 19.1 Å². The molecule has 2 saturated heterocycles. The van der Waals surface area contributed by atoms with Gasteiger partial charge in [-0.3, -0.25) is 19.4 Å². The number of rotatable bonds is 9. The van der Waals surface area contributed by atoms with Crippen LogP contribution in [0.3, 0.4) is 0 Å². The number of methoxy groups -OCH3 is 2. The molecule has 2 heterocycles. The Balaban J connectivity index is 1.26. The predicted molar refractivity (Wildman–Crippen MR) is 129 cm³/mol. The molecule has 2 atom stereocenters. The van der Waals surface area contributed by atoms with E-state index in [1.54, 1.807) is 14.2 Å². The third kappa shape index (κ3) is 5.02. The summed E-state index contributed by atoms with van der Waals surface area (Å²) in [4.78, 5) is 32.2. The van der Waals surface area contributed by atoms with E-state index in [1.165, 1.54) is 4.90 Å². The number of hydrogen-bond acceptors (Lipinski definition) is 7. The molecular formula is C26H37N3O5. The van der Waals surface area contributed by atoms with Crippen molar-refractivity contribution in [2.75, 3.05) is 58.4 Å². The smallest absolute Gasteiger partial charge is 0.233 e. The van der Waals surface area contributed by atoms with E-state index >= 15 is 0 Å². The predicted octanol–water partition coefficient (Wildman–Crippen LogP) is 2.89. The van der Waals surface area contributed by atoms with Gasteiger partial charge in [-0.15, -0.1) is 0 Å². The minimum absolute atomic E-state index is 0.0636. The highest BCUT2D eigenvalue weighted by Crippen LogP contribution is 2.41. The fourth-order valence-corrected chi connectivity index (χ4v) is 5.29. The van der Waals surface area contributed by atoms with Gasteiger partial charge in [0.1, 0.15) is 17.3 Å². The van der Waals surface area contributed by atoms with Gasteiger partial charge in [0.2, 0.25) is 11.8 Å². The molecular weight excluding hydrogens is 434 g/mol. The van der Waals surface area contributed by atoms with Crippen molar-refractivity contribution >= 4 is 17.5 Å². The summed E-state index contributed by atoms with van der Waals surface area (Å²) < 4.78 is 16.8. The molecule has 4 rings (SSSR count). The third-order valence-corrected chi connectivity index (χ3v) is 7.06. The Morgan fingerprint density at radius 3 is 2.03 bits per heavy atom. The molecule has 0 radical (unpaired) electrons. The number of allylic oxidation sites excluding steroid dienone is 2. The Hall–Kier alpha value is -2.74. The van der Waals surface area contributed by atoms with Gasteiger partial charge in [-0.1, -0.05) is 12.1 Å². The van der Waals surface area contributed by atoms with Gasteiger partial charge in [0.05, 0.1) is 37.8 Å². The lowest BCUT2D eigenvalue weighted by molar-refractivity contribution is -0.140. The summed E-state index contributed by atoms with van der Waals surface area (Å²) in [5.74, 6) is 1.53. The molecule has 0 bridgehead atoms. The fourth-order valence-electron chi connectivity index (χ4n) is 5.29. The molecule has 2 amide bonds. The minimum atomic E-state index is -0.321. The van der Waals surface area contributed by atoms with Crippen molar-refractivity contribution in [3.05, 3.63) is 35.8 Å². The van der Waals surface area contributed by atoms with E-state index in [0.717, 1.165) is 50.6 Å². The van der Waals surface area contributed by atoms with E-state index < -0.39 is 0 Å². The Kier molecular flexibility index (Phi) is 7.66. The van der Waals surface area contributed by atoms with E-state index in [9.17, 15) is 9.59 Å². The summed E-state index contributed by atoms with van der Waals surface area (Å²) in [5, 5.41) is 0. The zero-order valence-corrected chi connectivity index (χ0v) is 20.8. The molecule has 0 aromatic heterocycles. The summed E-state index contributed by atoms with van der Waals surface area (Å²) in [5.41, 5.74) is 1.14. The Bertz CT molecular complexity index is 889. The summed E-state index contributed by atoms with van der Waals surface area (Å²) in [6.45, 7) is 9.18. The lowest BCUT2D eigenvalue weighted by Crippen LogP contribution is -2.47. The zero-order chi connectivity index (χ0) is 24.2. The van der Waals surface area contributed by atoms with Gasteiger partial charge >= 0.3 is 0 Å². The summed E-state index contributed by atoms with van der Waals surface area (Å²) in [6, 6.07) is 8.22. The first-order valence-electron chi connectivity index (χ1n) is 12.3. The number of likely N-dealkylation sites (tertiary alicyclic amines) is 1. The highest BCUT2D eigenvalue weighted by atomic mass is 16.5. The maximum Gasteiger partial charge on any atom is 0.233 e. The molecule has 2 aliphatic heterocycles. The number of ether oxygens (including phenoxy) is 3. The van der Waals surface area contributed by atoms with Crippen molar-refractivity contribution < 1.29 is 23.8 Å². The van der Waals surface area contributed by atoms with Gasteiger partial charge < -0.3 is 19.1 Å². The molecule has 8 nitrogen and oxygen atoms in total. The number of piperazine rings is 1. The van der Waals surface area contributed by atoms with Crippen LogP contribution in [0, 0.1) is 11.8 Å². The number of nitrogens with zero attached hydrogens (tertiary/aromatic N) is 3. The van der Waals surface area contributed by atoms with Crippen LogP contribution in [-0.4, -0.2) is 81.2 Å². The number of hydrogen-bond donors (Lipinski definition) is 0. The van der Waals surface area contributed by atoms with Crippen molar-refractivity contribution in [1.29, 1.82) is 0 Å². The van der Waals surface area contributed by atoms with Crippen LogP contribution in [0.5, 0.6) is 5.75 Å². The van der Waals surface area contributed by atoms with Crippen molar-refractivity contribution in [2.45, 2.75) is 39.2 Å². The van der Waals surface area contributed by atoms with Crippen LogP contribution in [0.15, 0.2) is 35.8 Å². The number of carbonyl (C=O) groups excluding carboxylic acids is 2. The average molecular weight is 472 g/mol. The van der Waals surface area contributed by atoms with E-state index in [2.05, 4.69) is 21.9 Å². The third-order valence-electron chi connectivity index (χ3n) is 7.06. The number of imide groups is 1. The first-order valence-corrected chi connectivity index (χ1v) is 12.3. The molecule has 2 fully saturated rings. The zero-order valence-electron chi connectivity index (χ0n) is 20.8. The van der Waals surface area contributed by atoms with Crippen LogP contribution in [0.1, 0.15) is 33.1 Å². The molecule has 34 heavy (non-hydrogen) atoms. The highest BCUT2D eigenvalue weighted by molar-refractivity contribution is 6.05. The maximum absolute atomic E-state index is 13.0. The summed E-state index contributed by atoms with van der Waals surface area (Å²) in [6.07, 6.45) is 1.80. The second-order valence-electron chi connectivity index (χ2n) is 9.52. The van der Waals surface area contributed by atoms with Gasteiger partial charge in [-0.2, -0.15) is 0 Å². The lowest BCUT2D eigenvalue weighted by Gasteiger charge is -2.37. The van der Waals surface area contributed by atoms with E-state index in [-0.39, 0.29) is 29.8 Å². The first kappa shape index (κ1) is 24.4. The Labute approximate surface area is 202 Å². The molecule has 0 saturated carbocycles. The molecule has 1 aromatic carbocycles. The SMILES string of the molecule is COC1=C(OC)CC2C(=O)N(CCCN3CCN(c4ccccc4OC(C)C)CC3)C(=O)C2C1. The summed E-state index contributed by atoms with van der Waals surface area (Å²) >= 11 is 0. The van der Waals surface area contributed by atoms with Gasteiger partial charge in [0.25, 0.3) is 0 Å². The van der Waals surface area contributed by atoms with Crippen molar-refractivity contribution in [3.63, 3.8) is 0 Å². The van der Waals surface area contributed by atoms with E-state index in [4.69, 9.17) is 14.2 Å². The lowest BCUT2D eigenvalue weighted by atomic mass is 9.83. The topological polar surface area (TPSA) is 71.6 Å². The first-order chi connectivity index (χ1) is 16.4. The van der Waals surface area contributed by atoms with E-state index in [1.807, 2.05) is 26.0 Å². The van der Waals surface area contributed by atoms with Crippen LogP contribution >= 0.6 is 0 Å². The average Bonchev–Trinajstić information content (AvgIpc) is 3.07. The molecule has 0 spiro atoms. The maximum atomic E-state index is 13.0. The Morgan fingerprint density at radius 1 is 0.882 bits per heavy atom. The summed E-state index contributed by atoms with van der Waals surface area (Å²) in [7, 11) is 3.17. The molecule has 0 N–H and O–H groups in total. The van der Waals surface area contributed by atoms with Crippen LogP contribution in [0.2, 0.25) is 0 Å². The standard InChI is InChI=1S/C26H37N3O5/c1-18(2)34-22-9-6-5-8-21(22)28-14-12-27(13-15-28)10-7-11-29-25(30)19-16-23(32-3)24(33-4)17-20(19)26(29)31/h5-6,8-9,18-20H,7,10-17H2,1-4H3.